The van der Waals surface area contributed by atoms with Crippen molar-refractivity contribution in [3.63, 3.8) is 0 Å². The molecule has 2 aliphatic heterocycles. The van der Waals surface area contributed by atoms with Crippen LogP contribution in [0.5, 0.6) is 5.88 Å². The zero-order valence-electron chi connectivity index (χ0n) is 16.8. The molecule has 0 aromatic carbocycles. The first-order valence-corrected chi connectivity index (χ1v) is 11.2. The maximum Gasteiger partial charge on any atom is 0.282 e. The molecule has 1 aliphatic carbocycles. The van der Waals surface area contributed by atoms with Crippen LogP contribution in [0.15, 0.2) is 12.1 Å². The van der Waals surface area contributed by atoms with Gasteiger partial charge < -0.3 is 20.7 Å². The van der Waals surface area contributed by atoms with Crippen molar-refractivity contribution in [1.29, 1.82) is 0 Å². The van der Waals surface area contributed by atoms with Gasteiger partial charge in [-0.2, -0.15) is 11.8 Å². The molecule has 7 nitrogen and oxygen atoms in total. The SMILES string of the molecule is CC1CC(NC(=O)c2ccc(N3CC(F)(F)C3)c(OCC3CC3)n2)(C(N)=O)CCS1. The Labute approximate surface area is 178 Å². The first-order valence-electron chi connectivity index (χ1n) is 10.2. The fraction of sp³-hybridized carbons (Fsp3) is 0.650. The zero-order chi connectivity index (χ0) is 21.5. The molecule has 0 bridgehead atoms. The molecule has 0 radical (unpaired) electrons. The monoisotopic (exact) mass is 440 g/mol. The molecule has 1 aromatic heterocycles. The van der Waals surface area contributed by atoms with Gasteiger partial charge in [-0.15, -0.1) is 0 Å². The maximum absolute atomic E-state index is 13.3. The molecular formula is C20H26F2N4O3S. The minimum absolute atomic E-state index is 0.0725. The summed E-state index contributed by atoms with van der Waals surface area (Å²) in [7, 11) is 0. The first kappa shape index (κ1) is 21.1. The summed E-state index contributed by atoms with van der Waals surface area (Å²) in [6.45, 7) is 1.63. The van der Waals surface area contributed by atoms with Crippen LogP contribution in [0.1, 0.15) is 43.1 Å². The lowest BCUT2D eigenvalue weighted by Crippen LogP contribution is -2.60. The molecule has 164 valence electrons. The van der Waals surface area contributed by atoms with Crippen molar-refractivity contribution < 1.29 is 23.1 Å². The van der Waals surface area contributed by atoms with Crippen molar-refractivity contribution in [2.24, 2.45) is 11.7 Å². The summed E-state index contributed by atoms with van der Waals surface area (Å²) >= 11 is 1.73. The van der Waals surface area contributed by atoms with Gasteiger partial charge in [-0.05, 0) is 49.5 Å². The van der Waals surface area contributed by atoms with Crippen molar-refractivity contribution in [2.75, 3.05) is 30.3 Å². The van der Waals surface area contributed by atoms with E-state index in [1.807, 2.05) is 6.92 Å². The zero-order valence-corrected chi connectivity index (χ0v) is 17.6. The number of carbonyl (C=O) groups is 2. The number of amides is 2. The molecule has 3 fully saturated rings. The number of carbonyl (C=O) groups excluding carboxylic acids is 2. The van der Waals surface area contributed by atoms with Crippen LogP contribution in [-0.4, -0.2) is 59.0 Å². The number of nitrogens with zero attached hydrogens (tertiary/aromatic N) is 2. The van der Waals surface area contributed by atoms with E-state index in [9.17, 15) is 18.4 Å². The second-order valence-electron chi connectivity index (χ2n) is 8.52. The molecule has 1 saturated carbocycles. The number of nitrogens with one attached hydrogen (secondary N) is 1. The van der Waals surface area contributed by atoms with Crippen LogP contribution in [0, 0.1) is 5.92 Å². The molecule has 10 heteroatoms. The summed E-state index contributed by atoms with van der Waals surface area (Å²) in [6, 6.07) is 3.05. The van der Waals surface area contributed by atoms with E-state index >= 15 is 0 Å². The van der Waals surface area contributed by atoms with E-state index in [1.165, 1.54) is 11.0 Å². The van der Waals surface area contributed by atoms with Gasteiger partial charge in [0.2, 0.25) is 11.8 Å². The molecule has 0 spiro atoms. The molecular weight excluding hydrogens is 414 g/mol. The van der Waals surface area contributed by atoms with Gasteiger partial charge in [-0.3, -0.25) is 9.59 Å². The molecule has 2 unspecified atom stereocenters. The minimum Gasteiger partial charge on any atom is -0.476 e. The molecule has 2 atom stereocenters. The Bertz CT molecular complexity index is 843. The second kappa shape index (κ2) is 7.86. The van der Waals surface area contributed by atoms with E-state index < -0.39 is 36.4 Å². The maximum atomic E-state index is 13.3. The van der Waals surface area contributed by atoms with Crippen molar-refractivity contribution in [3.8, 4) is 5.88 Å². The molecule has 3 heterocycles. The van der Waals surface area contributed by atoms with E-state index in [0.29, 0.717) is 31.1 Å². The number of anilines is 1. The largest absolute Gasteiger partial charge is 0.476 e. The van der Waals surface area contributed by atoms with Crippen molar-refractivity contribution in [1.82, 2.24) is 10.3 Å². The third kappa shape index (κ3) is 4.48. The van der Waals surface area contributed by atoms with Crippen molar-refractivity contribution in [3.05, 3.63) is 17.8 Å². The quantitative estimate of drug-likeness (QED) is 0.675. The highest BCUT2D eigenvalue weighted by atomic mass is 32.2. The number of alkyl halides is 2. The first-order chi connectivity index (χ1) is 14.2. The van der Waals surface area contributed by atoms with Crippen LogP contribution in [0.25, 0.3) is 0 Å². The Hall–Kier alpha value is -2.10. The van der Waals surface area contributed by atoms with E-state index in [2.05, 4.69) is 10.3 Å². The van der Waals surface area contributed by atoms with Crippen molar-refractivity contribution >= 4 is 29.3 Å². The van der Waals surface area contributed by atoms with Gasteiger partial charge in [0.15, 0.2) is 0 Å². The summed E-state index contributed by atoms with van der Waals surface area (Å²) in [6.07, 6.45) is 3.03. The Morgan fingerprint density at radius 3 is 2.70 bits per heavy atom. The Morgan fingerprint density at radius 1 is 1.37 bits per heavy atom. The van der Waals surface area contributed by atoms with E-state index in [0.717, 1.165) is 18.6 Å². The van der Waals surface area contributed by atoms with E-state index in [1.54, 1.807) is 17.8 Å². The standard InChI is InChI=1S/C20H26F2N4O3S/c1-12-8-19(18(23)28,6-7-30-12)25-16(27)14-4-5-15(26-10-20(21,22)11-26)17(24-14)29-9-13-2-3-13/h4-5,12-13H,2-3,6-11H2,1H3,(H2,23,28)(H,25,27). The second-order valence-corrected chi connectivity index (χ2v) is 10.1. The summed E-state index contributed by atoms with van der Waals surface area (Å²) < 4.78 is 32.5. The van der Waals surface area contributed by atoms with Crippen LogP contribution in [0.3, 0.4) is 0 Å². The molecule has 2 saturated heterocycles. The molecule has 3 N–H and O–H groups in total. The van der Waals surface area contributed by atoms with Gasteiger partial charge in [0.1, 0.15) is 16.9 Å². The number of pyridine rings is 1. The summed E-state index contributed by atoms with van der Waals surface area (Å²) in [5.74, 6) is -2.49. The Kier molecular flexibility index (Phi) is 5.54. The van der Waals surface area contributed by atoms with Crippen LogP contribution in [0.2, 0.25) is 0 Å². The van der Waals surface area contributed by atoms with Gasteiger partial charge in [0.05, 0.1) is 19.7 Å². The fourth-order valence-corrected chi connectivity index (χ4v) is 5.11. The topological polar surface area (TPSA) is 97.6 Å². The predicted octanol–water partition coefficient (Wildman–Crippen LogP) is 2.20. The summed E-state index contributed by atoms with van der Waals surface area (Å²) in [5, 5.41) is 2.98. The average molecular weight is 441 g/mol. The van der Waals surface area contributed by atoms with Gasteiger partial charge >= 0.3 is 0 Å². The lowest BCUT2D eigenvalue weighted by atomic mass is 9.88. The third-order valence-electron chi connectivity index (χ3n) is 5.80. The number of ether oxygens (including phenoxy) is 1. The summed E-state index contributed by atoms with van der Waals surface area (Å²) in [4.78, 5) is 30.9. The number of halogens is 2. The van der Waals surface area contributed by atoms with Gasteiger partial charge in [-0.1, -0.05) is 6.92 Å². The average Bonchev–Trinajstić information content (AvgIpc) is 3.48. The molecule has 1 aromatic rings. The number of aromatic nitrogens is 1. The fourth-order valence-electron chi connectivity index (χ4n) is 3.84. The molecule has 2 amide bonds. The number of nitrogens with two attached hydrogens (primary N) is 1. The highest BCUT2D eigenvalue weighted by molar-refractivity contribution is 7.99. The molecule has 4 rings (SSSR count). The van der Waals surface area contributed by atoms with Gasteiger partial charge in [-0.25, -0.2) is 13.8 Å². The lowest BCUT2D eigenvalue weighted by Gasteiger charge is -2.40. The number of thioether (sulfide) groups is 1. The van der Waals surface area contributed by atoms with Crippen LogP contribution in [-0.2, 0) is 4.79 Å². The number of hydrogen-bond donors (Lipinski definition) is 2. The number of rotatable bonds is 7. The Balaban J connectivity index is 1.54. The van der Waals surface area contributed by atoms with Crippen LogP contribution < -0.4 is 20.7 Å². The van der Waals surface area contributed by atoms with E-state index in [-0.39, 0.29) is 16.8 Å². The van der Waals surface area contributed by atoms with E-state index in [4.69, 9.17) is 10.5 Å². The number of primary amides is 1. The minimum atomic E-state index is -2.73. The number of hydrogen-bond acceptors (Lipinski definition) is 6. The smallest absolute Gasteiger partial charge is 0.282 e. The van der Waals surface area contributed by atoms with Crippen LogP contribution >= 0.6 is 11.8 Å². The van der Waals surface area contributed by atoms with Crippen LogP contribution in [0.4, 0.5) is 14.5 Å². The highest BCUT2D eigenvalue weighted by Gasteiger charge is 2.46. The molecule has 3 aliphatic rings. The third-order valence-corrected chi connectivity index (χ3v) is 6.98. The predicted molar refractivity (Wildman–Crippen MR) is 110 cm³/mol. The highest BCUT2D eigenvalue weighted by Crippen LogP contribution is 2.38. The van der Waals surface area contributed by atoms with Gasteiger partial charge in [0, 0.05) is 5.25 Å². The summed E-state index contributed by atoms with van der Waals surface area (Å²) in [5.41, 5.74) is 5.05. The molecule has 30 heavy (non-hydrogen) atoms. The Morgan fingerprint density at radius 2 is 2.10 bits per heavy atom. The van der Waals surface area contributed by atoms with Gasteiger partial charge in [0.25, 0.3) is 11.8 Å². The lowest BCUT2D eigenvalue weighted by molar-refractivity contribution is -0.124. The van der Waals surface area contributed by atoms with Crippen molar-refractivity contribution in [2.45, 2.75) is 49.3 Å². The normalized spacial score (nSPS) is 27.8.